The molecule has 1 unspecified atom stereocenters. The van der Waals surface area contributed by atoms with Gasteiger partial charge in [0.15, 0.2) is 0 Å². The number of aryl methyl sites for hydroxylation is 2. The number of carbonyl (C=O) groups is 1. The summed E-state index contributed by atoms with van der Waals surface area (Å²) in [5, 5.41) is 3.65. The summed E-state index contributed by atoms with van der Waals surface area (Å²) in [6, 6.07) is 3.12. The van der Waals surface area contributed by atoms with Gasteiger partial charge >= 0.3 is 6.09 Å². The second-order valence-electron chi connectivity index (χ2n) is 7.77. The van der Waals surface area contributed by atoms with Gasteiger partial charge in [-0.1, -0.05) is 0 Å². The summed E-state index contributed by atoms with van der Waals surface area (Å²) in [5.41, 5.74) is 1.15. The van der Waals surface area contributed by atoms with Gasteiger partial charge < -0.3 is 15.0 Å². The van der Waals surface area contributed by atoms with Crippen molar-refractivity contribution in [3.8, 4) is 0 Å². The molecule has 2 heterocycles. The number of nitrogens with zero attached hydrogens (tertiary/aromatic N) is 1. The molecule has 1 aliphatic heterocycles. The molecule has 1 aliphatic carbocycles. The van der Waals surface area contributed by atoms with Crippen molar-refractivity contribution in [3.05, 3.63) is 21.4 Å². The van der Waals surface area contributed by atoms with Gasteiger partial charge in [0, 0.05) is 34.9 Å². The lowest BCUT2D eigenvalue weighted by Gasteiger charge is -2.41. The van der Waals surface area contributed by atoms with Crippen LogP contribution >= 0.6 is 11.3 Å². The Kier molecular flexibility index (Phi) is 4.70. The summed E-state index contributed by atoms with van der Waals surface area (Å²) < 4.78 is 5.40. The number of amides is 1. The number of likely N-dealkylation sites (tertiary alicyclic amines) is 1. The number of hydrogen-bond acceptors (Lipinski definition) is 4. The number of nitrogens with one attached hydrogen (secondary N) is 1. The van der Waals surface area contributed by atoms with Crippen molar-refractivity contribution in [2.45, 2.75) is 71.1 Å². The standard InChI is InChI=1S/C18H28N2O2S/c1-12(16-9-13-7-5-6-8-15(13)23-16)19-14-10-20(11-14)17(21)22-18(2,3)4/h9,12,14,19H,5-8,10-11H2,1-4H3. The van der Waals surface area contributed by atoms with E-state index in [2.05, 4.69) is 18.3 Å². The van der Waals surface area contributed by atoms with E-state index in [0.717, 1.165) is 13.1 Å². The lowest BCUT2D eigenvalue weighted by molar-refractivity contribution is 0.00437. The number of ether oxygens (including phenoxy) is 1. The van der Waals surface area contributed by atoms with Crippen molar-refractivity contribution in [1.82, 2.24) is 10.2 Å². The van der Waals surface area contributed by atoms with Crippen LogP contribution in [0.25, 0.3) is 0 Å². The van der Waals surface area contributed by atoms with Crippen molar-refractivity contribution in [2.75, 3.05) is 13.1 Å². The Morgan fingerprint density at radius 3 is 2.70 bits per heavy atom. The van der Waals surface area contributed by atoms with Gasteiger partial charge in [0.25, 0.3) is 0 Å². The van der Waals surface area contributed by atoms with E-state index in [1.54, 1.807) is 15.3 Å². The van der Waals surface area contributed by atoms with Gasteiger partial charge in [0.2, 0.25) is 0 Å². The molecule has 1 N–H and O–H groups in total. The summed E-state index contributed by atoms with van der Waals surface area (Å²) in [7, 11) is 0. The Labute approximate surface area is 143 Å². The van der Waals surface area contributed by atoms with Crippen LogP contribution in [0.5, 0.6) is 0 Å². The van der Waals surface area contributed by atoms with Crippen molar-refractivity contribution in [3.63, 3.8) is 0 Å². The molecule has 2 aliphatic rings. The van der Waals surface area contributed by atoms with E-state index in [1.165, 1.54) is 30.6 Å². The monoisotopic (exact) mass is 336 g/mol. The molecule has 5 heteroatoms. The molecule has 0 aromatic carbocycles. The second kappa shape index (κ2) is 6.44. The fourth-order valence-corrected chi connectivity index (χ4v) is 4.49. The van der Waals surface area contributed by atoms with Crippen LogP contribution in [0.1, 0.15) is 61.9 Å². The second-order valence-corrected chi connectivity index (χ2v) is 8.94. The highest BCUT2D eigenvalue weighted by Crippen LogP contribution is 2.33. The highest BCUT2D eigenvalue weighted by Gasteiger charge is 2.34. The minimum absolute atomic E-state index is 0.199. The zero-order chi connectivity index (χ0) is 16.6. The first-order valence-corrected chi connectivity index (χ1v) is 9.49. The quantitative estimate of drug-likeness (QED) is 0.910. The maximum atomic E-state index is 12.0. The topological polar surface area (TPSA) is 41.6 Å². The summed E-state index contributed by atoms with van der Waals surface area (Å²) in [6.07, 6.45) is 4.97. The normalized spacial score (nSPS) is 19.9. The van der Waals surface area contributed by atoms with Crippen LogP contribution in [0.15, 0.2) is 6.07 Å². The largest absolute Gasteiger partial charge is 0.444 e. The first kappa shape index (κ1) is 16.8. The number of rotatable bonds is 3. The molecule has 1 aromatic rings. The van der Waals surface area contributed by atoms with Crippen LogP contribution in [0.3, 0.4) is 0 Å². The van der Waals surface area contributed by atoms with Gasteiger partial charge in [0.05, 0.1) is 0 Å². The third-order valence-corrected chi connectivity index (χ3v) is 5.88. The summed E-state index contributed by atoms with van der Waals surface area (Å²) in [5.74, 6) is 0. The molecule has 1 atom stereocenters. The van der Waals surface area contributed by atoms with E-state index in [1.807, 2.05) is 32.1 Å². The molecular weight excluding hydrogens is 308 g/mol. The van der Waals surface area contributed by atoms with Crippen molar-refractivity contribution in [1.29, 1.82) is 0 Å². The maximum Gasteiger partial charge on any atom is 0.410 e. The van der Waals surface area contributed by atoms with Gasteiger partial charge in [-0.25, -0.2) is 4.79 Å². The average molecular weight is 337 g/mol. The van der Waals surface area contributed by atoms with E-state index in [-0.39, 0.29) is 6.09 Å². The zero-order valence-corrected chi connectivity index (χ0v) is 15.5. The molecule has 0 saturated carbocycles. The molecule has 1 saturated heterocycles. The third-order valence-electron chi connectivity index (χ3n) is 4.46. The van der Waals surface area contributed by atoms with E-state index in [4.69, 9.17) is 4.74 Å². The molecule has 23 heavy (non-hydrogen) atoms. The number of carbonyl (C=O) groups excluding carboxylic acids is 1. The number of hydrogen-bond donors (Lipinski definition) is 1. The highest BCUT2D eigenvalue weighted by molar-refractivity contribution is 7.12. The van der Waals surface area contributed by atoms with E-state index >= 15 is 0 Å². The molecular formula is C18H28N2O2S. The smallest absolute Gasteiger partial charge is 0.410 e. The molecule has 4 nitrogen and oxygen atoms in total. The van der Waals surface area contributed by atoms with Crippen molar-refractivity contribution in [2.24, 2.45) is 0 Å². The first-order valence-electron chi connectivity index (χ1n) is 8.67. The Bertz CT molecular complexity index is 547. The maximum absolute atomic E-state index is 12.0. The predicted octanol–water partition coefficient (Wildman–Crippen LogP) is 3.90. The minimum Gasteiger partial charge on any atom is -0.444 e. The first-order chi connectivity index (χ1) is 10.8. The number of thiophene rings is 1. The lowest BCUT2D eigenvalue weighted by atomic mass is 9.99. The average Bonchev–Trinajstić information content (AvgIpc) is 2.83. The summed E-state index contributed by atoms with van der Waals surface area (Å²) in [6.45, 7) is 9.42. The molecule has 1 aromatic heterocycles. The van der Waals surface area contributed by atoms with Crippen LogP contribution in [0.4, 0.5) is 4.79 Å². The molecule has 128 valence electrons. The van der Waals surface area contributed by atoms with Gasteiger partial charge in [-0.15, -0.1) is 11.3 Å². The molecule has 0 spiro atoms. The fourth-order valence-electron chi connectivity index (χ4n) is 3.22. The fraction of sp³-hybridized carbons (Fsp3) is 0.722. The van der Waals surface area contributed by atoms with E-state index in [9.17, 15) is 4.79 Å². The van der Waals surface area contributed by atoms with Crippen LogP contribution in [-0.4, -0.2) is 35.7 Å². The van der Waals surface area contributed by atoms with E-state index in [0.29, 0.717) is 12.1 Å². The molecule has 0 bridgehead atoms. The molecule has 0 radical (unpaired) electrons. The highest BCUT2D eigenvalue weighted by atomic mass is 32.1. The summed E-state index contributed by atoms with van der Waals surface area (Å²) in [4.78, 5) is 16.8. The Morgan fingerprint density at radius 2 is 2.04 bits per heavy atom. The van der Waals surface area contributed by atoms with Crippen molar-refractivity contribution < 1.29 is 9.53 Å². The Hall–Kier alpha value is -1.07. The Balaban J connectivity index is 1.48. The van der Waals surface area contributed by atoms with Crippen LogP contribution in [0, 0.1) is 0 Å². The zero-order valence-electron chi connectivity index (χ0n) is 14.6. The molecule has 3 rings (SSSR count). The number of fused-ring (bicyclic) bond motifs is 1. The van der Waals surface area contributed by atoms with Crippen LogP contribution in [0.2, 0.25) is 0 Å². The molecule has 1 fully saturated rings. The Morgan fingerprint density at radius 1 is 1.35 bits per heavy atom. The lowest BCUT2D eigenvalue weighted by Crippen LogP contribution is -2.60. The SMILES string of the molecule is CC(NC1CN(C(=O)OC(C)(C)C)C1)c1cc2c(s1)CCCC2. The minimum atomic E-state index is -0.418. The van der Waals surface area contributed by atoms with E-state index < -0.39 is 5.60 Å². The van der Waals surface area contributed by atoms with Crippen LogP contribution < -0.4 is 5.32 Å². The predicted molar refractivity (Wildman–Crippen MR) is 94.1 cm³/mol. The van der Waals surface area contributed by atoms with Gasteiger partial charge in [-0.05, 0) is 65.0 Å². The van der Waals surface area contributed by atoms with Gasteiger partial charge in [-0.2, -0.15) is 0 Å². The van der Waals surface area contributed by atoms with Gasteiger partial charge in [-0.3, -0.25) is 0 Å². The summed E-state index contributed by atoms with van der Waals surface area (Å²) >= 11 is 1.97. The van der Waals surface area contributed by atoms with Crippen LogP contribution in [-0.2, 0) is 17.6 Å². The third kappa shape index (κ3) is 4.07. The molecule has 1 amide bonds. The van der Waals surface area contributed by atoms with Gasteiger partial charge in [0.1, 0.15) is 5.60 Å². The van der Waals surface area contributed by atoms with Crippen molar-refractivity contribution >= 4 is 17.4 Å².